The van der Waals surface area contributed by atoms with E-state index in [1.54, 1.807) is 0 Å². The number of sulfone groups is 1. The fourth-order valence-corrected chi connectivity index (χ4v) is 2.20. The highest BCUT2D eigenvalue weighted by Crippen LogP contribution is 2.10. The third-order valence-corrected chi connectivity index (χ3v) is 3.49. The van der Waals surface area contributed by atoms with Crippen LogP contribution in [0.3, 0.4) is 0 Å². The Kier molecular flexibility index (Phi) is 5.44. The summed E-state index contributed by atoms with van der Waals surface area (Å²) in [6, 6.07) is 3.90. The summed E-state index contributed by atoms with van der Waals surface area (Å²) in [4.78, 5) is 10.6. The number of hydrogen-bond donors (Lipinski definition) is 2. The standard InChI is InChI=1S/C12H16FNO4S/c1-19(17,18)6-2-5-14-8-9-3-4-10(12(15)16)11(13)7-9/h3-4,7,14H,2,5-6,8H2,1H3,(H,15,16). The average Bonchev–Trinajstić information content (AvgIpc) is 2.26. The molecule has 5 nitrogen and oxygen atoms in total. The van der Waals surface area contributed by atoms with Crippen molar-refractivity contribution in [3.8, 4) is 0 Å². The maximum absolute atomic E-state index is 13.3. The van der Waals surface area contributed by atoms with E-state index in [0.717, 1.165) is 6.07 Å². The van der Waals surface area contributed by atoms with Gasteiger partial charge in [0, 0.05) is 12.8 Å². The van der Waals surface area contributed by atoms with E-state index >= 15 is 0 Å². The Morgan fingerprint density at radius 1 is 1.42 bits per heavy atom. The fraction of sp³-hybridized carbons (Fsp3) is 0.417. The second-order valence-corrected chi connectivity index (χ2v) is 6.54. The molecule has 0 amide bonds. The number of carboxylic acids is 1. The quantitative estimate of drug-likeness (QED) is 0.733. The van der Waals surface area contributed by atoms with Crippen molar-refractivity contribution in [3.05, 3.63) is 35.1 Å². The first-order valence-corrected chi connectivity index (χ1v) is 7.76. The maximum Gasteiger partial charge on any atom is 0.338 e. The van der Waals surface area contributed by atoms with Crippen LogP contribution in [0.5, 0.6) is 0 Å². The first-order valence-electron chi connectivity index (χ1n) is 5.70. The highest BCUT2D eigenvalue weighted by molar-refractivity contribution is 7.90. The van der Waals surface area contributed by atoms with Crippen molar-refractivity contribution in [2.75, 3.05) is 18.6 Å². The van der Waals surface area contributed by atoms with Gasteiger partial charge in [-0.25, -0.2) is 17.6 Å². The Balaban J connectivity index is 2.42. The van der Waals surface area contributed by atoms with E-state index in [4.69, 9.17) is 5.11 Å². The molecule has 0 saturated carbocycles. The zero-order valence-corrected chi connectivity index (χ0v) is 11.3. The van der Waals surface area contributed by atoms with Crippen molar-refractivity contribution in [2.24, 2.45) is 0 Å². The smallest absolute Gasteiger partial charge is 0.338 e. The highest BCUT2D eigenvalue weighted by Gasteiger charge is 2.10. The van der Waals surface area contributed by atoms with E-state index in [9.17, 15) is 17.6 Å². The fourth-order valence-electron chi connectivity index (χ4n) is 1.53. The minimum absolute atomic E-state index is 0.103. The van der Waals surface area contributed by atoms with Gasteiger partial charge in [0.15, 0.2) is 0 Å². The first kappa shape index (κ1) is 15.6. The number of hydrogen-bond acceptors (Lipinski definition) is 4. The lowest BCUT2D eigenvalue weighted by atomic mass is 10.1. The first-order chi connectivity index (χ1) is 8.79. The molecule has 0 aliphatic heterocycles. The molecule has 1 aromatic carbocycles. The Morgan fingerprint density at radius 3 is 2.63 bits per heavy atom. The molecule has 7 heteroatoms. The number of aromatic carboxylic acids is 1. The Bertz CT molecular complexity index is 557. The summed E-state index contributed by atoms with van der Waals surface area (Å²) < 4.78 is 35.1. The van der Waals surface area contributed by atoms with Crippen LogP contribution >= 0.6 is 0 Å². The van der Waals surface area contributed by atoms with Crippen molar-refractivity contribution < 1.29 is 22.7 Å². The summed E-state index contributed by atoms with van der Waals surface area (Å²) in [5.74, 6) is -1.97. The summed E-state index contributed by atoms with van der Waals surface area (Å²) >= 11 is 0. The van der Waals surface area contributed by atoms with Crippen molar-refractivity contribution in [1.29, 1.82) is 0 Å². The molecule has 0 heterocycles. The third-order valence-electron chi connectivity index (χ3n) is 2.46. The lowest BCUT2D eigenvalue weighted by Gasteiger charge is -2.06. The van der Waals surface area contributed by atoms with Crippen molar-refractivity contribution in [3.63, 3.8) is 0 Å². The van der Waals surface area contributed by atoms with Crippen molar-refractivity contribution in [1.82, 2.24) is 5.32 Å². The molecule has 0 atom stereocenters. The third kappa shape index (κ3) is 5.80. The van der Waals surface area contributed by atoms with Gasteiger partial charge in [-0.1, -0.05) is 6.07 Å². The summed E-state index contributed by atoms with van der Waals surface area (Å²) in [6.45, 7) is 0.857. The molecule has 0 unspecified atom stereocenters. The number of halogens is 1. The average molecular weight is 289 g/mol. The van der Waals surface area contributed by atoms with Gasteiger partial charge in [0.25, 0.3) is 0 Å². The van der Waals surface area contributed by atoms with Crippen molar-refractivity contribution in [2.45, 2.75) is 13.0 Å². The van der Waals surface area contributed by atoms with E-state index in [1.165, 1.54) is 18.4 Å². The number of nitrogens with one attached hydrogen (secondary N) is 1. The van der Waals surface area contributed by atoms with Crippen LogP contribution in [-0.4, -0.2) is 38.0 Å². The van der Waals surface area contributed by atoms with E-state index < -0.39 is 21.6 Å². The topological polar surface area (TPSA) is 83.5 Å². The molecule has 0 radical (unpaired) electrons. The largest absolute Gasteiger partial charge is 0.478 e. The van der Waals surface area contributed by atoms with Crippen LogP contribution in [0.1, 0.15) is 22.3 Å². The molecule has 0 aliphatic rings. The van der Waals surface area contributed by atoms with Crippen LogP contribution in [0, 0.1) is 5.82 Å². The number of carboxylic acid groups (broad SMARTS) is 1. The Labute approximate surface area is 111 Å². The zero-order valence-electron chi connectivity index (χ0n) is 10.5. The lowest BCUT2D eigenvalue weighted by molar-refractivity contribution is 0.0692. The van der Waals surface area contributed by atoms with Crippen molar-refractivity contribution >= 4 is 15.8 Å². The Morgan fingerprint density at radius 2 is 2.11 bits per heavy atom. The van der Waals surface area contributed by atoms with Crippen LogP contribution in [0.4, 0.5) is 4.39 Å². The van der Waals surface area contributed by atoms with Gasteiger partial charge in [0.2, 0.25) is 0 Å². The van der Waals surface area contributed by atoms with Crippen LogP contribution in [0.15, 0.2) is 18.2 Å². The number of benzene rings is 1. The van der Waals surface area contributed by atoms with Crippen LogP contribution in [0.2, 0.25) is 0 Å². The van der Waals surface area contributed by atoms with E-state index in [0.29, 0.717) is 25.1 Å². The molecule has 19 heavy (non-hydrogen) atoms. The van der Waals surface area contributed by atoms with Gasteiger partial charge in [-0.3, -0.25) is 0 Å². The van der Waals surface area contributed by atoms with Crippen LogP contribution < -0.4 is 5.32 Å². The minimum atomic E-state index is -2.96. The molecule has 1 aromatic rings. The van der Waals surface area contributed by atoms with Gasteiger partial charge in [-0.2, -0.15) is 0 Å². The molecular formula is C12H16FNO4S. The number of carbonyl (C=O) groups is 1. The minimum Gasteiger partial charge on any atom is -0.478 e. The molecule has 106 valence electrons. The zero-order chi connectivity index (χ0) is 14.5. The van der Waals surface area contributed by atoms with E-state index in [1.807, 2.05) is 0 Å². The predicted molar refractivity (Wildman–Crippen MR) is 69.4 cm³/mol. The molecule has 2 N–H and O–H groups in total. The predicted octanol–water partition coefficient (Wildman–Crippen LogP) is 1.05. The second-order valence-electron chi connectivity index (χ2n) is 4.28. The molecule has 0 spiro atoms. The van der Waals surface area contributed by atoms with Gasteiger partial charge in [0.1, 0.15) is 15.7 Å². The van der Waals surface area contributed by atoms with Gasteiger partial charge in [-0.05, 0) is 30.7 Å². The summed E-state index contributed by atoms with van der Waals surface area (Å²) in [5.41, 5.74) is 0.252. The van der Waals surface area contributed by atoms with Crippen LogP contribution in [0.25, 0.3) is 0 Å². The second kappa shape index (κ2) is 6.63. The highest BCUT2D eigenvalue weighted by atomic mass is 32.2. The van der Waals surface area contributed by atoms with Crippen LogP contribution in [-0.2, 0) is 16.4 Å². The lowest BCUT2D eigenvalue weighted by Crippen LogP contribution is -2.18. The molecular weight excluding hydrogens is 273 g/mol. The van der Waals surface area contributed by atoms with Gasteiger partial charge >= 0.3 is 5.97 Å². The van der Waals surface area contributed by atoms with Gasteiger partial charge < -0.3 is 10.4 Å². The monoisotopic (exact) mass is 289 g/mol. The molecule has 0 aliphatic carbocycles. The molecule has 0 bridgehead atoms. The summed E-state index contributed by atoms with van der Waals surface area (Å²) in [7, 11) is -2.96. The SMILES string of the molecule is CS(=O)(=O)CCCNCc1ccc(C(=O)O)c(F)c1. The van der Waals surface area contributed by atoms with E-state index in [-0.39, 0.29) is 11.3 Å². The molecule has 1 rings (SSSR count). The summed E-state index contributed by atoms with van der Waals surface area (Å²) in [6.07, 6.45) is 1.65. The Hall–Kier alpha value is -1.47. The molecule has 0 fully saturated rings. The maximum atomic E-state index is 13.3. The number of rotatable bonds is 7. The van der Waals surface area contributed by atoms with E-state index in [2.05, 4.69) is 5.32 Å². The normalized spacial score (nSPS) is 11.5. The van der Waals surface area contributed by atoms with Gasteiger partial charge in [-0.15, -0.1) is 0 Å². The van der Waals surface area contributed by atoms with Gasteiger partial charge in [0.05, 0.1) is 11.3 Å². The summed E-state index contributed by atoms with van der Waals surface area (Å²) in [5, 5.41) is 11.6. The molecule has 0 aromatic heterocycles. The molecule has 0 saturated heterocycles.